The van der Waals surface area contributed by atoms with E-state index in [4.69, 9.17) is 0 Å². The predicted octanol–water partition coefficient (Wildman–Crippen LogP) is 1.51. The average molecular weight is 252 g/mol. The Hall–Kier alpha value is -1.10. The van der Waals surface area contributed by atoms with Crippen molar-refractivity contribution in [1.29, 1.82) is 0 Å². The minimum Gasteiger partial charge on any atom is -0.389 e. The van der Waals surface area contributed by atoms with Gasteiger partial charge in [0.2, 0.25) is 0 Å². The Morgan fingerprint density at radius 2 is 1.83 bits per heavy atom. The first kappa shape index (κ1) is 15.0. The highest BCUT2D eigenvalue weighted by atomic mass is 16.3. The summed E-state index contributed by atoms with van der Waals surface area (Å²) in [6.45, 7) is 3.41. The van der Waals surface area contributed by atoms with Gasteiger partial charge in [-0.25, -0.2) is 0 Å². The number of hydrogen-bond donors (Lipinski definition) is 4. The van der Waals surface area contributed by atoms with Crippen LogP contribution in [0.3, 0.4) is 0 Å². The molecule has 0 radical (unpaired) electrons. The van der Waals surface area contributed by atoms with E-state index in [1.807, 2.05) is 31.3 Å². The molecule has 0 saturated carbocycles. The summed E-state index contributed by atoms with van der Waals surface area (Å²) in [6, 6.07) is 7.42. The van der Waals surface area contributed by atoms with E-state index < -0.39 is 12.2 Å². The van der Waals surface area contributed by atoms with Crippen LogP contribution in [0.4, 0.5) is 5.69 Å². The summed E-state index contributed by atoms with van der Waals surface area (Å²) >= 11 is 0. The van der Waals surface area contributed by atoms with Crippen LogP contribution in [0.15, 0.2) is 24.3 Å². The van der Waals surface area contributed by atoms with Gasteiger partial charge < -0.3 is 20.8 Å². The molecule has 0 saturated heterocycles. The first-order valence-electron chi connectivity index (χ1n) is 6.53. The van der Waals surface area contributed by atoms with Crippen molar-refractivity contribution >= 4 is 5.69 Å². The van der Waals surface area contributed by atoms with Crippen molar-refractivity contribution in [1.82, 2.24) is 5.32 Å². The number of rotatable bonds is 8. The van der Waals surface area contributed by atoms with Crippen molar-refractivity contribution in [2.45, 2.75) is 32.0 Å². The second-order valence-corrected chi connectivity index (χ2v) is 4.44. The number of hydrogen-bond acceptors (Lipinski definition) is 4. The van der Waals surface area contributed by atoms with Crippen molar-refractivity contribution in [3.05, 3.63) is 29.8 Å². The molecule has 2 unspecified atom stereocenters. The Labute approximate surface area is 109 Å². The van der Waals surface area contributed by atoms with Crippen LogP contribution in [0.5, 0.6) is 0 Å². The lowest BCUT2D eigenvalue weighted by atomic mass is 10.0. The highest BCUT2D eigenvalue weighted by Crippen LogP contribution is 2.18. The number of nitrogens with one attached hydrogen (secondary N) is 2. The van der Waals surface area contributed by atoms with Crippen LogP contribution in [-0.4, -0.2) is 36.5 Å². The molecule has 0 aliphatic carbocycles. The molecule has 0 bridgehead atoms. The van der Waals surface area contributed by atoms with Crippen molar-refractivity contribution in [3.8, 4) is 0 Å². The smallest absolute Gasteiger partial charge is 0.106 e. The SMILES string of the molecule is CCCCNCC(O)C(O)c1ccc(NC)cc1. The molecule has 1 aromatic rings. The zero-order chi connectivity index (χ0) is 13.4. The van der Waals surface area contributed by atoms with Gasteiger partial charge in [-0.3, -0.25) is 0 Å². The normalized spacial score (nSPS) is 14.2. The fourth-order valence-electron chi connectivity index (χ4n) is 1.73. The molecule has 0 fully saturated rings. The van der Waals surface area contributed by atoms with Crippen LogP contribution >= 0.6 is 0 Å². The summed E-state index contributed by atoms with van der Waals surface area (Å²) in [4.78, 5) is 0. The molecular weight excluding hydrogens is 228 g/mol. The molecule has 4 nitrogen and oxygen atoms in total. The summed E-state index contributed by atoms with van der Waals surface area (Å²) in [5.74, 6) is 0. The minimum absolute atomic E-state index is 0.412. The molecule has 0 aliphatic heterocycles. The quantitative estimate of drug-likeness (QED) is 0.530. The first-order chi connectivity index (χ1) is 8.69. The van der Waals surface area contributed by atoms with Crippen molar-refractivity contribution in [3.63, 3.8) is 0 Å². The largest absolute Gasteiger partial charge is 0.389 e. The number of aliphatic hydroxyl groups is 2. The van der Waals surface area contributed by atoms with E-state index in [1.54, 1.807) is 0 Å². The maximum atomic E-state index is 10.00. The Morgan fingerprint density at radius 3 is 2.39 bits per heavy atom. The molecule has 0 amide bonds. The Kier molecular flexibility index (Phi) is 6.72. The van der Waals surface area contributed by atoms with Gasteiger partial charge in [-0.15, -0.1) is 0 Å². The molecular formula is C14H24N2O2. The molecule has 1 aromatic carbocycles. The van der Waals surface area contributed by atoms with Gasteiger partial charge in [0.05, 0.1) is 6.10 Å². The molecule has 2 atom stereocenters. The second-order valence-electron chi connectivity index (χ2n) is 4.44. The number of unbranched alkanes of at least 4 members (excludes halogenated alkanes) is 1. The van der Waals surface area contributed by atoms with Crippen molar-refractivity contribution in [2.24, 2.45) is 0 Å². The fraction of sp³-hybridized carbons (Fsp3) is 0.571. The molecule has 0 aliphatic rings. The number of aliphatic hydroxyl groups excluding tert-OH is 2. The summed E-state index contributed by atoms with van der Waals surface area (Å²) in [7, 11) is 1.85. The maximum absolute atomic E-state index is 10.00. The van der Waals surface area contributed by atoms with Gasteiger partial charge >= 0.3 is 0 Å². The number of benzene rings is 1. The highest BCUT2D eigenvalue weighted by Gasteiger charge is 2.17. The molecule has 0 spiro atoms. The van der Waals surface area contributed by atoms with Gasteiger partial charge in [0.15, 0.2) is 0 Å². The topological polar surface area (TPSA) is 64.5 Å². The fourth-order valence-corrected chi connectivity index (χ4v) is 1.73. The standard InChI is InChI=1S/C14H24N2O2/c1-3-4-9-16-10-13(17)14(18)11-5-7-12(15-2)8-6-11/h5-8,13-18H,3-4,9-10H2,1-2H3. The zero-order valence-corrected chi connectivity index (χ0v) is 11.2. The van der Waals surface area contributed by atoms with E-state index in [2.05, 4.69) is 17.6 Å². The van der Waals surface area contributed by atoms with Crippen LogP contribution in [0, 0.1) is 0 Å². The van der Waals surface area contributed by atoms with Crippen LogP contribution in [0.25, 0.3) is 0 Å². The third kappa shape index (κ3) is 4.64. The van der Waals surface area contributed by atoms with Gasteiger partial charge in [0.25, 0.3) is 0 Å². The summed E-state index contributed by atoms with van der Waals surface area (Å²) in [5.41, 5.74) is 1.72. The average Bonchev–Trinajstić information content (AvgIpc) is 2.42. The molecule has 102 valence electrons. The van der Waals surface area contributed by atoms with Crippen LogP contribution in [-0.2, 0) is 0 Å². The van der Waals surface area contributed by atoms with Gasteiger partial charge in [0, 0.05) is 19.3 Å². The highest BCUT2D eigenvalue weighted by molar-refractivity contribution is 5.44. The molecule has 0 aromatic heterocycles. The summed E-state index contributed by atoms with van der Waals surface area (Å²) < 4.78 is 0. The molecule has 4 heteroatoms. The number of anilines is 1. The third-order valence-electron chi connectivity index (χ3n) is 2.97. The summed E-state index contributed by atoms with van der Waals surface area (Å²) in [5, 5.41) is 26.0. The van der Waals surface area contributed by atoms with Gasteiger partial charge in [-0.2, -0.15) is 0 Å². The van der Waals surface area contributed by atoms with E-state index in [-0.39, 0.29) is 0 Å². The molecule has 0 heterocycles. The Bertz CT molecular complexity index is 327. The molecule has 1 rings (SSSR count). The summed E-state index contributed by atoms with van der Waals surface area (Å²) in [6.07, 6.45) is 0.587. The minimum atomic E-state index is -0.843. The van der Waals surface area contributed by atoms with Crippen molar-refractivity contribution < 1.29 is 10.2 Å². The lowest BCUT2D eigenvalue weighted by molar-refractivity contribution is 0.0192. The van der Waals surface area contributed by atoms with Gasteiger partial charge in [-0.1, -0.05) is 25.5 Å². The van der Waals surface area contributed by atoms with Crippen LogP contribution in [0.1, 0.15) is 31.4 Å². The van der Waals surface area contributed by atoms with Gasteiger partial charge in [-0.05, 0) is 30.7 Å². The lowest BCUT2D eigenvalue weighted by Crippen LogP contribution is -2.32. The first-order valence-corrected chi connectivity index (χ1v) is 6.53. The molecule has 4 N–H and O–H groups in total. The zero-order valence-electron chi connectivity index (χ0n) is 11.2. The van der Waals surface area contributed by atoms with E-state index in [9.17, 15) is 10.2 Å². The van der Waals surface area contributed by atoms with E-state index in [0.717, 1.165) is 30.6 Å². The molecule has 18 heavy (non-hydrogen) atoms. The van der Waals surface area contributed by atoms with E-state index >= 15 is 0 Å². The maximum Gasteiger partial charge on any atom is 0.106 e. The van der Waals surface area contributed by atoms with Crippen LogP contribution < -0.4 is 10.6 Å². The van der Waals surface area contributed by atoms with Gasteiger partial charge in [0.1, 0.15) is 6.10 Å². The van der Waals surface area contributed by atoms with E-state index in [0.29, 0.717) is 6.54 Å². The lowest BCUT2D eigenvalue weighted by Gasteiger charge is -2.19. The monoisotopic (exact) mass is 252 g/mol. The Morgan fingerprint density at radius 1 is 1.17 bits per heavy atom. The van der Waals surface area contributed by atoms with Crippen molar-refractivity contribution in [2.75, 3.05) is 25.5 Å². The van der Waals surface area contributed by atoms with E-state index in [1.165, 1.54) is 0 Å². The second kappa shape index (κ2) is 8.08. The Balaban J connectivity index is 2.43. The predicted molar refractivity (Wildman–Crippen MR) is 74.7 cm³/mol. The van der Waals surface area contributed by atoms with Crippen LogP contribution in [0.2, 0.25) is 0 Å². The third-order valence-corrected chi connectivity index (χ3v) is 2.97.